The fourth-order valence-corrected chi connectivity index (χ4v) is 0.960. The van der Waals surface area contributed by atoms with Gasteiger partial charge in [0, 0.05) is 6.54 Å². The highest BCUT2D eigenvalue weighted by atomic mass is 16.6. The molecule has 1 heterocycles. The summed E-state index contributed by atoms with van der Waals surface area (Å²) in [5.41, 5.74) is 4.71. The van der Waals surface area contributed by atoms with Crippen molar-refractivity contribution in [1.29, 1.82) is 0 Å². The van der Waals surface area contributed by atoms with Crippen LogP contribution in [0.5, 0.6) is 0 Å². The van der Waals surface area contributed by atoms with Crippen LogP contribution in [0.1, 0.15) is 20.3 Å². The minimum absolute atomic E-state index is 0.145. The smallest absolute Gasteiger partial charge is 0.313 e. The van der Waals surface area contributed by atoms with Crippen LogP contribution in [0.3, 0.4) is 0 Å². The summed E-state index contributed by atoms with van der Waals surface area (Å²) in [5.74, 6) is -0.711. The van der Waals surface area contributed by atoms with Crippen LogP contribution in [-0.2, 0) is 19.1 Å². The van der Waals surface area contributed by atoms with Crippen LogP contribution in [0, 0.1) is 5.41 Å². The van der Waals surface area contributed by atoms with Crippen molar-refractivity contribution < 1.29 is 19.1 Å². The summed E-state index contributed by atoms with van der Waals surface area (Å²) < 4.78 is 9.74. The van der Waals surface area contributed by atoms with Gasteiger partial charge in [-0.3, -0.25) is 9.59 Å². The van der Waals surface area contributed by atoms with Crippen LogP contribution in [-0.4, -0.2) is 31.2 Å². The molecule has 1 aliphatic rings. The Balaban J connectivity index is 2.45. The lowest BCUT2D eigenvalue weighted by molar-refractivity contribution is -0.159. The van der Waals surface area contributed by atoms with Gasteiger partial charge in [0.05, 0.1) is 11.8 Å². The summed E-state index contributed by atoms with van der Waals surface area (Å²) in [4.78, 5) is 22.2. The van der Waals surface area contributed by atoms with Gasteiger partial charge in [-0.25, -0.2) is 0 Å². The molecule has 1 aliphatic heterocycles. The van der Waals surface area contributed by atoms with Gasteiger partial charge in [-0.05, 0) is 13.8 Å². The second-order valence-corrected chi connectivity index (χ2v) is 4.00. The Morgan fingerprint density at radius 3 is 2.79 bits per heavy atom. The van der Waals surface area contributed by atoms with E-state index in [9.17, 15) is 9.59 Å². The zero-order chi connectivity index (χ0) is 10.8. The molecule has 0 aromatic carbocycles. The fourth-order valence-electron chi connectivity index (χ4n) is 0.960. The van der Waals surface area contributed by atoms with E-state index in [1.54, 1.807) is 13.8 Å². The monoisotopic (exact) mass is 201 g/mol. The molecule has 1 atom stereocenters. The van der Waals surface area contributed by atoms with Gasteiger partial charge in [0.2, 0.25) is 0 Å². The maximum Gasteiger partial charge on any atom is 0.313 e. The summed E-state index contributed by atoms with van der Waals surface area (Å²) in [6, 6.07) is 0. The van der Waals surface area contributed by atoms with E-state index in [1.165, 1.54) is 0 Å². The lowest BCUT2D eigenvalue weighted by atomic mass is 9.94. The van der Waals surface area contributed by atoms with Gasteiger partial charge in [0.15, 0.2) is 0 Å². The van der Waals surface area contributed by atoms with Crippen molar-refractivity contribution in [2.45, 2.75) is 26.4 Å². The van der Waals surface area contributed by atoms with Gasteiger partial charge < -0.3 is 15.2 Å². The molecule has 0 aromatic heterocycles. The minimum atomic E-state index is -0.703. The topological polar surface area (TPSA) is 78.6 Å². The molecular weight excluding hydrogens is 186 g/mol. The Labute approximate surface area is 82.5 Å². The third kappa shape index (κ3) is 2.45. The van der Waals surface area contributed by atoms with E-state index in [0.717, 1.165) is 0 Å². The molecule has 1 fully saturated rings. The van der Waals surface area contributed by atoms with Crippen molar-refractivity contribution >= 4 is 11.9 Å². The molecule has 0 aromatic rings. The Morgan fingerprint density at radius 1 is 1.71 bits per heavy atom. The van der Waals surface area contributed by atoms with E-state index >= 15 is 0 Å². The Bertz CT molecular complexity index is 249. The molecule has 80 valence electrons. The van der Waals surface area contributed by atoms with Crippen LogP contribution in [0.2, 0.25) is 0 Å². The second-order valence-electron chi connectivity index (χ2n) is 4.00. The molecule has 0 aliphatic carbocycles. The summed E-state index contributed by atoms with van der Waals surface area (Å²) in [6.45, 7) is 3.78. The van der Waals surface area contributed by atoms with Gasteiger partial charge in [-0.2, -0.15) is 0 Å². The average Bonchev–Trinajstić information content (AvgIpc) is 2.51. The highest BCUT2D eigenvalue weighted by Crippen LogP contribution is 2.19. The molecule has 0 saturated carbocycles. The first-order valence-corrected chi connectivity index (χ1v) is 4.52. The maximum atomic E-state index is 11.5. The number of hydrogen-bond donors (Lipinski definition) is 1. The van der Waals surface area contributed by atoms with Gasteiger partial charge in [-0.1, -0.05) is 0 Å². The van der Waals surface area contributed by atoms with E-state index in [2.05, 4.69) is 4.74 Å². The highest BCUT2D eigenvalue weighted by molar-refractivity contribution is 5.78. The molecule has 0 spiro atoms. The van der Waals surface area contributed by atoms with Crippen molar-refractivity contribution in [1.82, 2.24) is 0 Å². The summed E-state index contributed by atoms with van der Waals surface area (Å²) >= 11 is 0. The summed E-state index contributed by atoms with van der Waals surface area (Å²) in [7, 11) is 0. The van der Waals surface area contributed by atoms with E-state index in [4.69, 9.17) is 10.5 Å². The molecule has 0 radical (unpaired) electrons. The predicted molar refractivity (Wildman–Crippen MR) is 48.3 cm³/mol. The van der Waals surface area contributed by atoms with Crippen molar-refractivity contribution in [3.8, 4) is 0 Å². The first-order chi connectivity index (χ1) is 6.45. The molecule has 1 unspecified atom stereocenters. The van der Waals surface area contributed by atoms with Crippen molar-refractivity contribution in [2.24, 2.45) is 11.1 Å². The molecule has 0 bridgehead atoms. The lowest BCUT2D eigenvalue weighted by Gasteiger charge is -2.21. The van der Waals surface area contributed by atoms with Gasteiger partial charge in [0.1, 0.15) is 12.7 Å². The Morgan fingerprint density at radius 2 is 2.36 bits per heavy atom. The minimum Gasteiger partial charge on any atom is -0.462 e. The van der Waals surface area contributed by atoms with E-state index < -0.39 is 11.5 Å². The van der Waals surface area contributed by atoms with Crippen LogP contribution < -0.4 is 5.73 Å². The average molecular weight is 201 g/mol. The van der Waals surface area contributed by atoms with Gasteiger partial charge in [0.25, 0.3) is 0 Å². The molecule has 14 heavy (non-hydrogen) atoms. The van der Waals surface area contributed by atoms with Crippen molar-refractivity contribution in [3.63, 3.8) is 0 Å². The highest BCUT2D eigenvalue weighted by Gasteiger charge is 2.33. The van der Waals surface area contributed by atoms with Crippen molar-refractivity contribution in [2.75, 3.05) is 13.2 Å². The normalized spacial score (nSPS) is 21.9. The van der Waals surface area contributed by atoms with Crippen molar-refractivity contribution in [3.05, 3.63) is 0 Å². The SMILES string of the molecule is CC(C)(CN)C(=O)OC1COC(=O)C1. The summed E-state index contributed by atoms with van der Waals surface area (Å²) in [5, 5.41) is 0. The van der Waals surface area contributed by atoms with E-state index in [0.29, 0.717) is 0 Å². The number of carbonyl (C=O) groups excluding carboxylic acids is 2. The predicted octanol–water partition coefficient (Wildman–Crippen LogP) is -0.170. The first kappa shape index (κ1) is 11.0. The number of rotatable bonds is 3. The standard InChI is InChI=1S/C9H15NO4/c1-9(2,5-10)8(12)14-6-3-7(11)13-4-6/h6H,3-5,10H2,1-2H3. The first-order valence-electron chi connectivity index (χ1n) is 4.52. The zero-order valence-electron chi connectivity index (χ0n) is 8.41. The molecule has 1 saturated heterocycles. The molecule has 5 heteroatoms. The van der Waals surface area contributed by atoms with Crippen LogP contribution in [0.15, 0.2) is 0 Å². The summed E-state index contributed by atoms with van der Waals surface area (Å²) in [6.07, 6.45) is -0.298. The lowest BCUT2D eigenvalue weighted by Crippen LogP contribution is -2.36. The molecule has 5 nitrogen and oxygen atoms in total. The third-order valence-corrected chi connectivity index (χ3v) is 2.16. The van der Waals surface area contributed by atoms with Gasteiger partial charge in [-0.15, -0.1) is 0 Å². The fraction of sp³-hybridized carbons (Fsp3) is 0.778. The number of nitrogens with two attached hydrogens (primary N) is 1. The molecule has 2 N–H and O–H groups in total. The Hall–Kier alpha value is -1.10. The van der Waals surface area contributed by atoms with Crippen LogP contribution in [0.4, 0.5) is 0 Å². The number of esters is 2. The van der Waals surface area contributed by atoms with Crippen LogP contribution in [0.25, 0.3) is 0 Å². The zero-order valence-corrected chi connectivity index (χ0v) is 8.41. The number of ether oxygens (including phenoxy) is 2. The molecular formula is C9H15NO4. The van der Waals surface area contributed by atoms with E-state index in [-0.39, 0.29) is 31.5 Å². The van der Waals surface area contributed by atoms with Gasteiger partial charge >= 0.3 is 11.9 Å². The Kier molecular flexibility index (Phi) is 3.10. The molecule has 1 rings (SSSR count). The van der Waals surface area contributed by atoms with E-state index in [1.807, 2.05) is 0 Å². The quantitative estimate of drug-likeness (QED) is 0.641. The maximum absolute atomic E-state index is 11.5. The third-order valence-electron chi connectivity index (χ3n) is 2.16. The van der Waals surface area contributed by atoms with Crippen LogP contribution >= 0.6 is 0 Å². The largest absolute Gasteiger partial charge is 0.462 e. The second kappa shape index (κ2) is 3.96. The number of cyclic esters (lactones) is 1. The molecule has 0 amide bonds. The number of hydrogen-bond acceptors (Lipinski definition) is 5. The number of carbonyl (C=O) groups is 2.